The van der Waals surface area contributed by atoms with E-state index in [0.717, 1.165) is 29.5 Å². The Bertz CT molecular complexity index is 984. The summed E-state index contributed by atoms with van der Waals surface area (Å²) in [6.45, 7) is 3.06. The molecule has 3 aromatic rings. The molecule has 36 heavy (non-hydrogen) atoms. The molecular weight excluding hydrogens is 454 g/mol. The molecule has 192 valence electrons. The number of aliphatic hydroxyl groups is 1. The minimum atomic E-state index is -0.973. The van der Waals surface area contributed by atoms with Gasteiger partial charge in [-0.2, -0.15) is 0 Å². The van der Waals surface area contributed by atoms with Crippen molar-refractivity contribution in [3.8, 4) is 0 Å². The third kappa shape index (κ3) is 9.21. The van der Waals surface area contributed by atoms with Crippen LogP contribution in [0.5, 0.6) is 0 Å². The SMILES string of the molecule is CCCCNC(=O)[C@H](OCc1ccccc1)[C@@H](OCc1ccccc1)[C@@H](CO)OCc1ccccc1. The maximum atomic E-state index is 13.3. The Morgan fingerprint density at radius 1 is 0.750 bits per heavy atom. The fourth-order valence-electron chi connectivity index (χ4n) is 3.75. The van der Waals surface area contributed by atoms with Crippen LogP contribution in [-0.4, -0.2) is 42.5 Å². The summed E-state index contributed by atoms with van der Waals surface area (Å²) >= 11 is 0. The molecule has 0 unspecified atom stereocenters. The molecule has 0 aliphatic heterocycles. The number of aliphatic hydroxyl groups excluding tert-OH is 1. The predicted octanol–water partition coefficient (Wildman–Crippen LogP) is 4.65. The number of benzene rings is 3. The van der Waals surface area contributed by atoms with Crippen LogP contribution in [0.15, 0.2) is 91.0 Å². The Kier molecular flexibility index (Phi) is 12.1. The van der Waals surface area contributed by atoms with E-state index in [4.69, 9.17) is 14.2 Å². The minimum Gasteiger partial charge on any atom is -0.394 e. The number of carbonyl (C=O) groups excluding carboxylic acids is 1. The molecule has 2 N–H and O–H groups in total. The van der Waals surface area contributed by atoms with Crippen molar-refractivity contribution in [3.63, 3.8) is 0 Å². The van der Waals surface area contributed by atoms with Gasteiger partial charge < -0.3 is 24.6 Å². The van der Waals surface area contributed by atoms with Crippen molar-refractivity contribution in [2.24, 2.45) is 0 Å². The van der Waals surface area contributed by atoms with Gasteiger partial charge in [0.1, 0.15) is 12.2 Å². The lowest BCUT2D eigenvalue weighted by molar-refractivity contribution is -0.174. The average Bonchev–Trinajstić information content (AvgIpc) is 2.93. The Morgan fingerprint density at radius 3 is 1.69 bits per heavy atom. The Morgan fingerprint density at radius 2 is 1.22 bits per heavy atom. The molecule has 1 amide bonds. The molecule has 0 fully saturated rings. The van der Waals surface area contributed by atoms with Crippen molar-refractivity contribution in [2.45, 2.75) is 57.9 Å². The smallest absolute Gasteiger partial charge is 0.251 e. The molecule has 3 rings (SSSR count). The number of nitrogens with one attached hydrogen (secondary N) is 1. The topological polar surface area (TPSA) is 77.0 Å². The summed E-state index contributed by atoms with van der Waals surface area (Å²) in [4.78, 5) is 13.3. The number of rotatable bonds is 16. The molecule has 0 aliphatic rings. The van der Waals surface area contributed by atoms with Crippen molar-refractivity contribution in [2.75, 3.05) is 13.2 Å². The maximum absolute atomic E-state index is 13.3. The molecule has 0 saturated carbocycles. The number of unbranched alkanes of at least 4 members (excludes halogenated alkanes) is 1. The summed E-state index contributed by atoms with van der Waals surface area (Å²) in [6.07, 6.45) is -0.751. The second-order valence-corrected chi connectivity index (χ2v) is 8.64. The molecule has 0 spiro atoms. The zero-order chi connectivity index (χ0) is 25.4. The zero-order valence-electron chi connectivity index (χ0n) is 20.9. The van der Waals surface area contributed by atoms with Crippen LogP contribution in [-0.2, 0) is 38.8 Å². The third-order valence-electron chi connectivity index (χ3n) is 5.80. The molecule has 6 heteroatoms. The number of ether oxygens (including phenoxy) is 3. The fourth-order valence-corrected chi connectivity index (χ4v) is 3.75. The van der Waals surface area contributed by atoms with Crippen molar-refractivity contribution < 1.29 is 24.1 Å². The van der Waals surface area contributed by atoms with E-state index in [2.05, 4.69) is 12.2 Å². The first-order chi connectivity index (χ1) is 17.7. The summed E-state index contributed by atoms with van der Waals surface area (Å²) in [7, 11) is 0. The van der Waals surface area contributed by atoms with E-state index in [-0.39, 0.29) is 32.3 Å². The Balaban J connectivity index is 1.82. The monoisotopic (exact) mass is 491 g/mol. The van der Waals surface area contributed by atoms with E-state index < -0.39 is 18.3 Å². The van der Waals surface area contributed by atoms with Gasteiger partial charge in [-0.15, -0.1) is 0 Å². The van der Waals surface area contributed by atoms with E-state index in [9.17, 15) is 9.90 Å². The number of amides is 1. The van der Waals surface area contributed by atoms with Crippen LogP contribution in [0.4, 0.5) is 0 Å². The molecule has 3 atom stereocenters. The lowest BCUT2D eigenvalue weighted by Crippen LogP contribution is -2.52. The number of hydrogen-bond acceptors (Lipinski definition) is 5. The van der Waals surface area contributed by atoms with Gasteiger partial charge in [0.15, 0.2) is 6.10 Å². The van der Waals surface area contributed by atoms with E-state index in [1.807, 2.05) is 91.0 Å². The predicted molar refractivity (Wildman–Crippen MR) is 140 cm³/mol. The highest BCUT2D eigenvalue weighted by Crippen LogP contribution is 2.19. The van der Waals surface area contributed by atoms with Gasteiger partial charge in [0.25, 0.3) is 5.91 Å². The summed E-state index contributed by atoms with van der Waals surface area (Å²) in [5, 5.41) is 13.3. The summed E-state index contributed by atoms with van der Waals surface area (Å²) in [5.74, 6) is -0.279. The van der Waals surface area contributed by atoms with Crippen molar-refractivity contribution in [3.05, 3.63) is 108 Å². The van der Waals surface area contributed by atoms with Crippen LogP contribution in [0.2, 0.25) is 0 Å². The van der Waals surface area contributed by atoms with Gasteiger partial charge in [-0.05, 0) is 23.1 Å². The van der Waals surface area contributed by atoms with Crippen LogP contribution in [0.3, 0.4) is 0 Å². The van der Waals surface area contributed by atoms with Crippen LogP contribution in [0.25, 0.3) is 0 Å². The highest BCUT2D eigenvalue weighted by Gasteiger charge is 2.37. The first-order valence-electron chi connectivity index (χ1n) is 12.6. The number of hydrogen-bond donors (Lipinski definition) is 2. The van der Waals surface area contributed by atoms with Crippen molar-refractivity contribution in [1.29, 1.82) is 0 Å². The summed E-state index contributed by atoms with van der Waals surface area (Å²) in [5.41, 5.74) is 2.86. The van der Waals surface area contributed by atoms with Gasteiger partial charge in [-0.3, -0.25) is 4.79 Å². The van der Waals surface area contributed by atoms with E-state index >= 15 is 0 Å². The molecule has 0 aromatic heterocycles. The van der Waals surface area contributed by atoms with Crippen LogP contribution >= 0.6 is 0 Å². The van der Waals surface area contributed by atoms with Gasteiger partial charge in [-0.1, -0.05) is 104 Å². The van der Waals surface area contributed by atoms with Crippen LogP contribution in [0, 0.1) is 0 Å². The van der Waals surface area contributed by atoms with E-state index in [1.165, 1.54) is 0 Å². The van der Waals surface area contributed by atoms with Gasteiger partial charge in [-0.25, -0.2) is 0 Å². The van der Waals surface area contributed by atoms with E-state index in [0.29, 0.717) is 6.54 Å². The van der Waals surface area contributed by atoms with Gasteiger partial charge in [0.05, 0.1) is 26.4 Å². The molecule has 3 aromatic carbocycles. The Labute approximate surface area is 214 Å². The van der Waals surface area contributed by atoms with Crippen molar-refractivity contribution in [1.82, 2.24) is 5.32 Å². The average molecular weight is 492 g/mol. The largest absolute Gasteiger partial charge is 0.394 e. The molecular formula is C30H37NO5. The van der Waals surface area contributed by atoms with Gasteiger partial charge >= 0.3 is 0 Å². The normalized spacial score (nSPS) is 13.6. The van der Waals surface area contributed by atoms with Crippen LogP contribution in [0.1, 0.15) is 36.5 Å². The highest BCUT2D eigenvalue weighted by atomic mass is 16.6. The first-order valence-corrected chi connectivity index (χ1v) is 12.6. The highest BCUT2D eigenvalue weighted by molar-refractivity contribution is 5.81. The summed E-state index contributed by atoms with van der Waals surface area (Å²) < 4.78 is 18.6. The van der Waals surface area contributed by atoms with Gasteiger partial charge in [0, 0.05) is 6.54 Å². The van der Waals surface area contributed by atoms with Crippen LogP contribution < -0.4 is 5.32 Å². The van der Waals surface area contributed by atoms with Crippen molar-refractivity contribution >= 4 is 5.91 Å². The molecule has 0 heterocycles. The molecule has 6 nitrogen and oxygen atoms in total. The third-order valence-corrected chi connectivity index (χ3v) is 5.80. The molecule has 0 aliphatic carbocycles. The second-order valence-electron chi connectivity index (χ2n) is 8.64. The first kappa shape index (κ1) is 27.6. The standard InChI is InChI=1S/C30H37NO5/c1-2-3-19-31-30(33)29(36-23-26-17-11-6-12-18-26)28(35-22-25-15-9-5-10-16-25)27(20-32)34-21-24-13-7-4-8-14-24/h4-18,27-29,32H,2-3,19-23H2,1H3,(H,31,33)/t27-,28+,29-/m1/s1. The minimum absolute atomic E-state index is 0.231. The lowest BCUT2D eigenvalue weighted by atomic mass is 10.1. The number of carbonyl (C=O) groups is 1. The molecule has 0 radical (unpaired) electrons. The van der Waals surface area contributed by atoms with Gasteiger partial charge in [0.2, 0.25) is 0 Å². The lowest BCUT2D eigenvalue weighted by Gasteiger charge is -2.32. The van der Waals surface area contributed by atoms with E-state index in [1.54, 1.807) is 0 Å². The fraction of sp³-hybridized carbons (Fsp3) is 0.367. The zero-order valence-corrected chi connectivity index (χ0v) is 20.9. The second kappa shape index (κ2) is 15.9. The summed E-state index contributed by atoms with van der Waals surface area (Å²) in [6, 6.07) is 29.1. The molecule has 0 saturated heterocycles. The Hall–Kier alpha value is -3.03. The quantitative estimate of drug-likeness (QED) is 0.285. The maximum Gasteiger partial charge on any atom is 0.251 e. The molecule has 0 bridgehead atoms.